The van der Waals surface area contributed by atoms with Crippen LogP contribution in [0.25, 0.3) is 16.5 Å². The Morgan fingerprint density at radius 3 is 2.29 bits per heavy atom. The molecule has 0 atom stereocenters. The van der Waals surface area contributed by atoms with Crippen molar-refractivity contribution in [2.75, 3.05) is 18.4 Å². The van der Waals surface area contributed by atoms with Gasteiger partial charge in [-0.2, -0.15) is 0 Å². The molecule has 1 aliphatic heterocycles. The lowest BCUT2D eigenvalue weighted by atomic mass is 9.94. The minimum Gasteiger partial charge on any atom is -0.339 e. The minimum atomic E-state index is -0.256. The molecule has 1 N–H and O–H groups in total. The number of carbonyl (C=O) groups is 2. The number of amides is 2. The number of anilines is 1. The van der Waals surface area contributed by atoms with Crippen LogP contribution in [0.2, 0.25) is 0 Å². The van der Waals surface area contributed by atoms with E-state index >= 15 is 0 Å². The molecule has 0 unspecified atom stereocenters. The summed E-state index contributed by atoms with van der Waals surface area (Å²) in [6.07, 6.45) is 1.11. The summed E-state index contributed by atoms with van der Waals surface area (Å²) >= 11 is 0. The van der Waals surface area contributed by atoms with Crippen LogP contribution < -0.4 is 10.9 Å². The molecule has 2 heterocycles. The van der Waals surface area contributed by atoms with Crippen molar-refractivity contribution in [2.45, 2.75) is 19.8 Å². The molecule has 1 saturated heterocycles. The highest BCUT2D eigenvalue weighted by Gasteiger charge is 2.30. The minimum absolute atomic E-state index is 0.00897. The van der Waals surface area contributed by atoms with Gasteiger partial charge in [-0.1, -0.05) is 54.6 Å². The molecule has 35 heavy (non-hydrogen) atoms. The lowest BCUT2D eigenvalue weighted by molar-refractivity contribution is -0.121. The second-order valence-electron chi connectivity index (χ2n) is 9.02. The van der Waals surface area contributed by atoms with E-state index in [4.69, 9.17) is 0 Å². The van der Waals surface area contributed by atoms with Crippen LogP contribution in [0.4, 0.5) is 5.69 Å². The molecule has 1 fully saturated rings. The molecule has 2 amide bonds. The molecule has 0 bridgehead atoms. The number of nitrogens with one attached hydrogen (secondary N) is 1. The quantitative estimate of drug-likeness (QED) is 0.489. The number of aromatic nitrogens is 2. The first kappa shape index (κ1) is 22.7. The van der Waals surface area contributed by atoms with Crippen LogP contribution in [0.15, 0.2) is 77.6 Å². The van der Waals surface area contributed by atoms with Crippen molar-refractivity contribution in [3.05, 3.63) is 94.4 Å². The first-order valence-corrected chi connectivity index (χ1v) is 11.9. The van der Waals surface area contributed by atoms with Gasteiger partial charge in [-0.3, -0.25) is 19.1 Å². The van der Waals surface area contributed by atoms with E-state index in [-0.39, 0.29) is 23.3 Å². The molecule has 4 aromatic rings. The van der Waals surface area contributed by atoms with Crippen LogP contribution in [-0.2, 0) is 11.8 Å². The summed E-state index contributed by atoms with van der Waals surface area (Å²) in [7, 11) is 1.80. The van der Waals surface area contributed by atoms with Crippen LogP contribution in [0.1, 0.15) is 28.9 Å². The Morgan fingerprint density at radius 2 is 1.54 bits per heavy atom. The van der Waals surface area contributed by atoms with Crippen molar-refractivity contribution in [3.8, 4) is 5.69 Å². The molecule has 0 radical (unpaired) electrons. The number of nitrogens with zero attached hydrogens (tertiary/aromatic N) is 3. The molecular formula is C28H28N4O3. The van der Waals surface area contributed by atoms with Crippen LogP contribution in [-0.4, -0.2) is 39.2 Å². The fourth-order valence-electron chi connectivity index (χ4n) is 4.86. The summed E-state index contributed by atoms with van der Waals surface area (Å²) < 4.78 is 3.30. The van der Waals surface area contributed by atoms with Gasteiger partial charge in [0.15, 0.2) is 0 Å². The number of para-hydroxylation sites is 1. The summed E-state index contributed by atoms with van der Waals surface area (Å²) in [5, 5.41) is 4.86. The largest absolute Gasteiger partial charge is 0.339 e. The van der Waals surface area contributed by atoms with E-state index in [0.29, 0.717) is 42.9 Å². The second kappa shape index (κ2) is 9.25. The molecule has 3 aromatic carbocycles. The zero-order valence-corrected chi connectivity index (χ0v) is 19.9. The van der Waals surface area contributed by atoms with E-state index in [1.54, 1.807) is 16.4 Å². The highest BCUT2D eigenvalue weighted by molar-refractivity contribution is 6.07. The predicted molar refractivity (Wildman–Crippen MR) is 137 cm³/mol. The van der Waals surface area contributed by atoms with E-state index in [1.807, 2.05) is 84.6 Å². The average Bonchev–Trinajstić information content (AvgIpc) is 3.11. The number of piperidine rings is 1. The van der Waals surface area contributed by atoms with Gasteiger partial charge in [0.2, 0.25) is 5.91 Å². The Kier molecular flexibility index (Phi) is 5.99. The topological polar surface area (TPSA) is 76.3 Å². The molecule has 7 heteroatoms. The van der Waals surface area contributed by atoms with Gasteiger partial charge >= 0.3 is 0 Å². The van der Waals surface area contributed by atoms with E-state index in [9.17, 15) is 14.4 Å². The van der Waals surface area contributed by atoms with E-state index in [1.165, 1.54) is 0 Å². The first-order chi connectivity index (χ1) is 17.0. The highest BCUT2D eigenvalue weighted by Crippen LogP contribution is 2.25. The third-order valence-corrected chi connectivity index (χ3v) is 6.98. The maximum absolute atomic E-state index is 13.2. The monoisotopic (exact) mass is 468 g/mol. The molecule has 0 saturated carbocycles. The zero-order valence-electron chi connectivity index (χ0n) is 19.9. The van der Waals surface area contributed by atoms with E-state index in [0.717, 1.165) is 16.5 Å². The molecule has 178 valence electrons. The smallest absolute Gasteiger partial charge is 0.295 e. The van der Waals surface area contributed by atoms with Crippen molar-refractivity contribution < 1.29 is 9.59 Å². The molecule has 0 spiro atoms. The van der Waals surface area contributed by atoms with Crippen LogP contribution >= 0.6 is 0 Å². The number of hydrogen-bond donors (Lipinski definition) is 1. The number of likely N-dealkylation sites (tertiary alicyclic amines) is 1. The molecule has 7 nitrogen and oxygen atoms in total. The summed E-state index contributed by atoms with van der Waals surface area (Å²) in [5.41, 5.74) is 2.16. The molecule has 0 aliphatic carbocycles. The Morgan fingerprint density at radius 1 is 0.886 bits per heavy atom. The number of fused-ring (bicyclic) bond motifs is 1. The van der Waals surface area contributed by atoms with Crippen molar-refractivity contribution in [1.82, 2.24) is 14.3 Å². The Labute approximate surface area is 203 Å². The van der Waals surface area contributed by atoms with Gasteiger partial charge in [0.05, 0.1) is 11.4 Å². The highest BCUT2D eigenvalue weighted by atomic mass is 16.2. The van der Waals surface area contributed by atoms with Gasteiger partial charge in [-0.05, 0) is 48.7 Å². The van der Waals surface area contributed by atoms with Gasteiger partial charge < -0.3 is 10.2 Å². The lowest BCUT2D eigenvalue weighted by Crippen LogP contribution is -2.41. The van der Waals surface area contributed by atoms with Crippen molar-refractivity contribution in [1.29, 1.82) is 0 Å². The van der Waals surface area contributed by atoms with Gasteiger partial charge in [0, 0.05) is 31.6 Å². The van der Waals surface area contributed by atoms with Gasteiger partial charge in [-0.25, -0.2) is 4.68 Å². The summed E-state index contributed by atoms with van der Waals surface area (Å²) in [6.45, 7) is 2.83. The number of carbonyl (C=O) groups excluding carboxylic acids is 2. The Balaban J connectivity index is 1.28. The molecular weight excluding hydrogens is 440 g/mol. The second-order valence-corrected chi connectivity index (χ2v) is 9.02. The van der Waals surface area contributed by atoms with Gasteiger partial charge in [-0.15, -0.1) is 0 Å². The third kappa shape index (κ3) is 4.14. The van der Waals surface area contributed by atoms with Crippen LogP contribution in [0, 0.1) is 12.8 Å². The van der Waals surface area contributed by atoms with Crippen molar-refractivity contribution in [3.63, 3.8) is 0 Å². The number of benzene rings is 3. The molecule has 1 aromatic heterocycles. The molecule has 1 aliphatic rings. The van der Waals surface area contributed by atoms with Crippen molar-refractivity contribution in [2.24, 2.45) is 13.0 Å². The Bertz CT molecular complexity index is 1460. The summed E-state index contributed by atoms with van der Waals surface area (Å²) in [5.74, 6) is -0.436. The van der Waals surface area contributed by atoms with Gasteiger partial charge in [0.25, 0.3) is 11.5 Å². The molecule has 5 rings (SSSR count). The Hall–Kier alpha value is -4.13. The standard InChI is InChI=1S/C28H28N4O3/c1-19-25(28(35)32(30(19)2)22-11-4-3-5-12-22)29-26(33)21-15-17-31(18-16-21)27(34)24-14-8-10-20-9-6-7-13-23(20)24/h3-14,21H,15-18H2,1-2H3,(H,29,33). The van der Waals surface area contributed by atoms with Crippen molar-refractivity contribution >= 4 is 28.3 Å². The summed E-state index contributed by atoms with van der Waals surface area (Å²) in [6, 6.07) is 23.0. The number of hydrogen-bond acceptors (Lipinski definition) is 3. The van der Waals surface area contributed by atoms with Crippen LogP contribution in [0.3, 0.4) is 0 Å². The third-order valence-electron chi connectivity index (χ3n) is 6.98. The zero-order chi connectivity index (χ0) is 24.5. The van der Waals surface area contributed by atoms with E-state index < -0.39 is 0 Å². The van der Waals surface area contributed by atoms with Gasteiger partial charge in [0.1, 0.15) is 5.69 Å². The first-order valence-electron chi connectivity index (χ1n) is 11.9. The maximum atomic E-state index is 13.2. The fourth-order valence-corrected chi connectivity index (χ4v) is 4.86. The normalized spacial score (nSPS) is 14.3. The fraction of sp³-hybridized carbons (Fsp3) is 0.250. The SMILES string of the molecule is Cc1c(NC(=O)C2CCN(C(=O)c3cccc4ccccc34)CC2)c(=O)n(-c2ccccc2)n1C. The summed E-state index contributed by atoms with van der Waals surface area (Å²) in [4.78, 5) is 41.2. The average molecular weight is 469 g/mol. The maximum Gasteiger partial charge on any atom is 0.295 e. The van der Waals surface area contributed by atoms with E-state index in [2.05, 4.69) is 5.32 Å². The predicted octanol–water partition coefficient (Wildman–Crippen LogP) is 4.13. The number of rotatable bonds is 4. The lowest BCUT2D eigenvalue weighted by Gasteiger charge is -2.31. The van der Waals surface area contributed by atoms with Crippen LogP contribution in [0.5, 0.6) is 0 Å².